The van der Waals surface area contributed by atoms with E-state index >= 15 is 0 Å². The lowest BCUT2D eigenvalue weighted by Crippen LogP contribution is -1.95. The monoisotopic (exact) mass is 217 g/mol. The smallest absolute Gasteiger partial charge is 0.384 e. The largest absolute Gasteiger partial charge is 0.459 e. The van der Waals surface area contributed by atoms with E-state index in [1.54, 1.807) is 6.07 Å². The molecule has 0 heterocycles. The number of carbonyl (C=O) groups is 1. The fraction of sp³-hybridized carbons (Fsp3) is 0.167. The van der Waals surface area contributed by atoms with Crippen LogP contribution in [0.4, 0.5) is 4.39 Å². The molecule has 0 radical (unpaired) electrons. The van der Waals surface area contributed by atoms with Gasteiger partial charge in [0.15, 0.2) is 0 Å². The number of halogens is 1. The van der Waals surface area contributed by atoms with Crippen LogP contribution in [0.1, 0.15) is 11.1 Å². The third-order valence-corrected chi connectivity index (χ3v) is 1.80. The molecule has 0 amide bonds. The molecule has 80 valence electrons. The van der Waals surface area contributed by atoms with Gasteiger partial charge in [-0.1, -0.05) is 12.0 Å². The van der Waals surface area contributed by atoms with Gasteiger partial charge in [0.2, 0.25) is 0 Å². The van der Waals surface area contributed by atoms with Crippen molar-refractivity contribution < 1.29 is 13.9 Å². The van der Waals surface area contributed by atoms with Crippen molar-refractivity contribution in [3.05, 3.63) is 35.1 Å². The van der Waals surface area contributed by atoms with Crippen LogP contribution in [0.2, 0.25) is 0 Å². The average molecular weight is 217 g/mol. The van der Waals surface area contributed by atoms with Gasteiger partial charge < -0.3 is 4.74 Å². The van der Waals surface area contributed by atoms with Gasteiger partial charge in [-0.2, -0.15) is 5.26 Å². The summed E-state index contributed by atoms with van der Waals surface area (Å²) in [6.45, 7) is 0. The molecule has 0 aliphatic heterocycles. The highest BCUT2D eigenvalue weighted by Gasteiger charge is 2.01. The summed E-state index contributed by atoms with van der Waals surface area (Å²) in [5.74, 6) is 3.20. The Bertz CT molecular complexity index is 506. The molecule has 4 heteroatoms. The Morgan fingerprint density at radius 3 is 2.88 bits per heavy atom. The lowest BCUT2D eigenvalue weighted by molar-refractivity contribution is -0.133. The lowest BCUT2D eigenvalue weighted by atomic mass is 10.1. The van der Waals surface area contributed by atoms with Crippen molar-refractivity contribution in [1.29, 1.82) is 5.26 Å². The van der Waals surface area contributed by atoms with Crippen LogP contribution in [-0.4, -0.2) is 13.1 Å². The second-order valence-electron chi connectivity index (χ2n) is 2.89. The van der Waals surface area contributed by atoms with Crippen LogP contribution in [0.3, 0.4) is 0 Å². The second kappa shape index (κ2) is 5.53. The maximum Gasteiger partial charge on any atom is 0.384 e. The minimum atomic E-state index is -0.722. The van der Waals surface area contributed by atoms with Crippen molar-refractivity contribution in [2.24, 2.45) is 0 Å². The minimum absolute atomic E-state index is 0.104. The van der Waals surface area contributed by atoms with Crippen LogP contribution in [0.25, 0.3) is 0 Å². The van der Waals surface area contributed by atoms with E-state index in [1.165, 1.54) is 19.2 Å². The molecule has 0 unspecified atom stereocenters. The highest BCUT2D eigenvalue weighted by Crippen LogP contribution is 2.09. The standard InChI is InChI=1S/C12H8FNO2/c1-16-12(15)5-4-10-3-2-9(6-7-14)8-11(10)13/h2-3,8H,6H2,1H3. The molecule has 16 heavy (non-hydrogen) atoms. The molecule has 0 N–H and O–H groups in total. The van der Waals surface area contributed by atoms with Gasteiger partial charge in [-0.15, -0.1) is 0 Å². The molecule has 0 fully saturated rings. The molecule has 0 atom stereocenters. The van der Waals surface area contributed by atoms with E-state index in [2.05, 4.69) is 16.6 Å². The fourth-order valence-electron chi connectivity index (χ4n) is 1.03. The van der Waals surface area contributed by atoms with Crippen LogP contribution in [0.5, 0.6) is 0 Å². The quantitative estimate of drug-likeness (QED) is 0.528. The first-order valence-electron chi connectivity index (χ1n) is 4.42. The molecule has 1 rings (SSSR count). The molecule has 3 nitrogen and oxygen atoms in total. The number of rotatable bonds is 1. The number of esters is 1. The van der Waals surface area contributed by atoms with E-state index < -0.39 is 11.8 Å². The minimum Gasteiger partial charge on any atom is -0.459 e. The summed E-state index contributed by atoms with van der Waals surface area (Å²) in [6.07, 6.45) is 0.141. The Kier molecular flexibility index (Phi) is 4.06. The van der Waals surface area contributed by atoms with Crippen molar-refractivity contribution in [3.8, 4) is 17.9 Å². The number of methoxy groups -OCH3 is 1. The molecule has 0 saturated heterocycles. The van der Waals surface area contributed by atoms with Gasteiger partial charge in [-0.05, 0) is 17.7 Å². The maximum atomic E-state index is 13.4. The molecule has 1 aromatic rings. The summed E-state index contributed by atoms with van der Waals surface area (Å²) in [6, 6.07) is 6.16. The maximum absolute atomic E-state index is 13.4. The highest BCUT2D eigenvalue weighted by molar-refractivity contribution is 5.89. The van der Waals surface area contributed by atoms with Gasteiger partial charge in [0.05, 0.1) is 25.2 Å². The Labute approximate surface area is 92.5 Å². The summed E-state index contributed by atoms with van der Waals surface area (Å²) in [5, 5.41) is 8.43. The number of hydrogen-bond donors (Lipinski definition) is 0. The zero-order valence-electron chi connectivity index (χ0n) is 8.58. The van der Waals surface area contributed by atoms with Crippen molar-refractivity contribution in [2.75, 3.05) is 7.11 Å². The zero-order chi connectivity index (χ0) is 12.0. The third-order valence-electron chi connectivity index (χ3n) is 1.80. The molecule has 0 spiro atoms. The van der Waals surface area contributed by atoms with E-state index in [9.17, 15) is 9.18 Å². The van der Waals surface area contributed by atoms with E-state index in [0.29, 0.717) is 5.56 Å². The normalized spacial score (nSPS) is 8.56. The number of ether oxygens (including phenoxy) is 1. The Morgan fingerprint density at radius 2 is 2.31 bits per heavy atom. The number of benzene rings is 1. The zero-order valence-corrected chi connectivity index (χ0v) is 8.58. The molecule has 0 bridgehead atoms. The molecule has 0 aromatic heterocycles. The van der Waals surface area contributed by atoms with Gasteiger partial charge in [0.25, 0.3) is 0 Å². The number of nitrogens with zero attached hydrogens (tertiary/aromatic N) is 1. The van der Waals surface area contributed by atoms with Gasteiger partial charge in [-0.25, -0.2) is 9.18 Å². The summed E-state index contributed by atoms with van der Waals surface area (Å²) >= 11 is 0. The van der Waals surface area contributed by atoms with Crippen molar-refractivity contribution in [1.82, 2.24) is 0 Å². The molecule has 0 aliphatic rings. The summed E-state index contributed by atoms with van der Waals surface area (Å²) in [4.78, 5) is 10.7. The second-order valence-corrected chi connectivity index (χ2v) is 2.89. The Morgan fingerprint density at radius 1 is 1.56 bits per heavy atom. The van der Waals surface area contributed by atoms with Crippen LogP contribution < -0.4 is 0 Å². The molecule has 0 saturated carbocycles. The van der Waals surface area contributed by atoms with Crippen molar-refractivity contribution >= 4 is 5.97 Å². The lowest BCUT2D eigenvalue weighted by Gasteiger charge is -1.97. The van der Waals surface area contributed by atoms with Gasteiger partial charge >= 0.3 is 5.97 Å². The van der Waals surface area contributed by atoms with Gasteiger partial charge in [0, 0.05) is 5.92 Å². The topological polar surface area (TPSA) is 50.1 Å². The van der Waals surface area contributed by atoms with Crippen molar-refractivity contribution in [3.63, 3.8) is 0 Å². The van der Waals surface area contributed by atoms with E-state index in [-0.39, 0.29) is 12.0 Å². The predicted octanol–water partition coefficient (Wildman–Crippen LogP) is 1.42. The Balaban J connectivity index is 2.95. The van der Waals surface area contributed by atoms with Crippen LogP contribution in [0.15, 0.2) is 18.2 Å². The summed E-state index contributed by atoms with van der Waals surface area (Å²) in [5.41, 5.74) is 0.677. The first-order valence-corrected chi connectivity index (χ1v) is 4.42. The van der Waals surface area contributed by atoms with Crippen molar-refractivity contribution in [2.45, 2.75) is 6.42 Å². The van der Waals surface area contributed by atoms with E-state index in [1.807, 2.05) is 6.07 Å². The SMILES string of the molecule is COC(=O)C#Cc1ccc(CC#N)cc1F. The van der Waals surface area contributed by atoms with E-state index in [4.69, 9.17) is 5.26 Å². The van der Waals surface area contributed by atoms with Crippen LogP contribution in [-0.2, 0) is 16.0 Å². The molecule has 0 aliphatic carbocycles. The van der Waals surface area contributed by atoms with Gasteiger partial charge in [0.1, 0.15) is 5.82 Å². The molecule has 1 aromatic carbocycles. The van der Waals surface area contributed by atoms with E-state index in [0.717, 1.165) is 0 Å². The number of carbonyl (C=O) groups excluding carboxylic acids is 1. The Hall–Kier alpha value is -2.33. The average Bonchev–Trinajstić information content (AvgIpc) is 2.28. The predicted molar refractivity (Wildman–Crippen MR) is 54.6 cm³/mol. The fourth-order valence-corrected chi connectivity index (χ4v) is 1.03. The summed E-state index contributed by atoms with van der Waals surface area (Å²) in [7, 11) is 1.20. The first kappa shape index (κ1) is 11.7. The number of nitriles is 1. The van der Waals surface area contributed by atoms with Crippen LogP contribution >= 0.6 is 0 Å². The number of hydrogen-bond acceptors (Lipinski definition) is 3. The third kappa shape index (κ3) is 3.11. The molecular weight excluding hydrogens is 209 g/mol. The van der Waals surface area contributed by atoms with Crippen LogP contribution in [0, 0.1) is 29.0 Å². The summed E-state index contributed by atoms with van der Waals surface area (Å²) < 4.78 is 17.7. The highest BCUT2D eigenvalue weighted by atomic mass is 19.1. The first-order chi connectivity index (χ1) is 7.67. The molecular formula is C12H8FNO2. The van der Waals surface area contributed by atoms with Gasteiger partial charge in [-0.3, -0.25) is 0 Å².